The standard InChI is InChI=1S/C13H20O/c1-12(2,3)7-5-6-11(14)10-13(4)8-9-13/h6,8-10H2,1-4H3. The maximum atomic E-state index is 11.5. The molecule has 14 heavy (non-hydrogen) atoms. The average molecular weight is 192 g/mol. The molecule has 0 saturated heterocycles. The van der Waals surface area contributed by atoms with Crippen molar-refractivity contribution in [2.24, 2.45) is 10.8 Å². The molecule has 0 unspecified atom stereocenters. The lowest BCUT2D eigenvalue weighted by Crippen LogP contribution is -2.05. The van der Waals surface area contributed by atoms with Crippen molar-refractivity contribution in [2.75, 3.05) is 0 Å². The van der Waals surface area contributed by atoms with Gasteiger partial charge in [0, 0.05) is 11.8 Å². The molecule has 0 atom stereocenters. The van der Waals surface area contributed by atoms with Crippen molar-refractivity contribution in [3.05, 3.63) is 0 Å². The molecule has 0 spiro atoms. The first-order valence-corrected chi connectivity index (χ1v) is 5.33. The van der Waals surface area contributed by atoms with Gasteiger partial charge in [0.25, 0.3) is 0 Å². The van der Waals surface area contributed by atoms with E-state index >= 15 is 0 Å². The van der Waals surface area contributed by atoms with Crippen molar-refractivity contribution in [2.45, 2.75) is 53.4 Å². The van der Waals surface area contributed by atoms with Crippen molar-refractivity contribution in [1.82, 2.24) is 0 Å². The zero-order valence-corrected chi connectivity index (χ0v) is 9.74. The van der Waals surface area contributed by atoms with Gasteiger partial charge in [-0.25, -0.2) is 0 Å². The molecule has 0 aromatic rings. The number of Topliss-reactive ketones (excluding diaryl/α,β-unsaturated/α-hetero) is 1. The Morgan fingerprint density at radius 2 is 1.93 bits per heavy atom. The molecule has 0 aromatic heterocycles. The Morgan fingerprint density at radius 3 is 2.36 bits per heavy atom. The molecule has 0 bridgehead atoms. The van der Waals surface area contributed by atoms with Crippen molar-refractivity contribution in [3.63, 3.8) is 0 Å². The SMILES string of the molecule is CC(C)(C)C#CCC(=O)CC1(C)CC1. The van der Waals surface area contributed by atoms with E-state index in [0.29, 0.717) is 17.6 Å². The number of carbonyl (C=O) groups excluding carboxylic acids is 1. The van der Waals surface area contributed by atoms with E-state index in [1.165, 1.54) is 12.8 Å². The van der Waals surface area contributed by atoms with Crippen molar-refractivity contribution < 1.29 is 4.79 Å². The fourth-order valence-corrected chi connectivity index (χ4v) is 1.34. The molecule has 1 aliphatic rings. The lowest BCUT2D eigenvalue weighted by atomic mass is 9.96. The normalized spacial score (nSPS) is 18.3. The van der Waals surface area contributed by atoms with E-state index in [-0.39, 0.29) is 5.41 Å². The van der Waals surface area contributed by atoms with Crippen LogP contribution in [-0.4, -0.2) is 5.78 Å². The third-order valence-corrected chi connectivity index (χ3v) is 2.48. The molecule has 1 saturated carbocycles. The number of carbonyl (C=O) groups is 1. The molecule has 0 N–H and O–H groups in total. The summed E-state index contributed by atoms with van der Waals surface area (Å²) < 4.78 is 0. The Bertz CT molecular complexity index is 279. The molecule has 1 nitrogen and oxygen atoms in total. The fraction of sp³-hybridized carbons (Fsp3) is 0.769. The van der Waals surface area contributed by atoms with Gasteiger partial charge in [-0.05, 0) is 39.0 Å². The van der Waals surface area contributed by atoms with Crippen LogP contribution in [-0.2, 0) is 4.79 Å². The first-order valence-electron chi connectivity index (χ1n) is 5.33. The van der Waals surface area contributed by atoms with Crippen LogP contribution in [0.5, 0.6) is 0 Å². The van der Waals surface area contributed by atoms with E-state index in [2.05, 4.69) is 39.5 Å². The first-order chi connectivity index (χ1) is 6.31. The summed E-state index contributed by atoms with van der Waals surface area (Å²) >= 11 is 0. The smallest absolute Gasteiger partial charge is 0.145 e. The number of rotatable bonds is 3. The Kier molecular flexibility index (Phi) is 3.04. The molecular formula is C13H20O. The van der Waals surface area contributed by atoms with Crippen LogP contribution >= 0.6 is 0 Å². The topological polar surface area (TPSA) is 17.1 Å². The van der Waals surface area contributed by atoms with Crippen LogP contribution in [0, 0.1) is 22.7 Å². The minimum atomic E-state index is 0.0176. The third-order valence-electron chi connectivity index (χ3n) is 2.48. The molecule has 0 amide bonds. The van der Waals surface area contributed by atoms with Gasteiger partial charge < -0.3 is 0 Å². The molecule has 1 aliphatic carbocycles. The zero-order valence-electron chi connectivity index (χ0n) is 9.74. The van der Waals surface area contributed by atoms with Gasteiger partial charge in [-0.15, -0.1) is 0 Å². The summed E-state index contributed by atoms with van der Waals surface area (Å²) in [6, 6.07) is 0. The molecule has 78 valence electrons. The Hall–Kier alpha value is -0.770. The van der Waals surface area contributed by atoms with Gasteiger partial charge in [-0.2, -0.15) is 0 Å². The van der Waals surface area contributed by atoms with Crippen LogP contribution in [0.1, 0.15) is 53.4 Å². The quantitative estimate of drug-likeness (QED) is 0.628. The molecule has 0 aromatic carbocycles. The molecule has 0 heterocycles. The van der Waals surface area contributed by atoms with Gasteiger partial charge in [0.15, 0.2) is 0 Å². The van der Waals surface area contributed by atoms with Crippen molar-refractivity contribution in [3.8, 4) is 11.8 Å². The number of ketones is 1. The van der Waals surface area contributed by atoms with Gasteiger partial charge >= 0.3 is 0 Å². The molecule has 1 fully saturated rings. The van der Waals surface area contributed by atoms with Gasteiger partial charge in [0.05, 0.1) is 6.42 Å². The largest absolute Gasteiger partial charge is 0.299 e. The highest BCUT2D eigenvalue weighted by molar-refractivity contribution is 5.81. The van der Waals surface area contributed by atoms with E-state index in [0.717, 1.165) is 6.42 Å². The highest BCUT2D eigenvalue weighted by Gasteiger charge is 2.38. The summed E-state index contributed by atoms with van der Waals surface area (Å²) in [5.41, 5.74) is 0.351. The van der Waals surface area contributed by atoms with E-state index in [1.54, 1.807) is 0 Å². The van der Waals surface area contributed by atoms with Crippen LogP contribution in [0.15, 0.2) is 0 Å². The summed E-state index contributed by atoms with van der Waals surface area (Å²) in [6.07, 6.45) is 3.59. The molecule has 1 rings (SSSR count). The van der Waals surface area contributed by atoms with E-state index in [1.807, 2.05) is 0 Å². The average Bonchev–Trinajstić information content (AvgIpc) is 2.64. The lowest BCUT2D eigenvalue weighted by Gasteiger charge is -2.07. The molecule has 0 aliphatic heterocycles. The predicted octanol–water partition coefficient (Wildman–Crippen LogP) is 3.19. The fourth-order valence-electron chi connectivity index (χ4n) is 1.34. The lowest BCUT2D eigenvalue weighted by molar-refractivity contribution is -0.119. The second kappa shape index (κ2) is 3.77. The second-order valence-electron chi connectivity index (χ2n) is 5.75. The second-order valence-corrected chi connectivity index (χ2v) is 5.75. The monoisotopic (exact) mass is 192 g/mol. The summed E-state index contributed by atoms with van der Waals surface area (Å²) in [6.45, 7) is 8.37. The minimum Gasteiger partial charge on any atom is -0.299 e. The zero-order chi connectivity index (χ0) is 10.8. The van der Waals surface area contributed by atoms with Crippen molar-refractivity contribution in [1.29, 1.82) is 0 Å². The summed E-state index contributed by atoms with van der Waals surface area (Å²) in [5.74, 6) is 6.37. The Labute approximate surface area is 87.3 Å². The van der Waals surface area contributed by atoms with Crippen LogP contribution in [0.3, 0.4) is 0 Å². The summed E-state index contributed by atoms with van der Waals surface area (Å²) in [4.78, 5) is 11.5. The van der Waals surface area contributed by atoms with Gasteiger partial charge in [-0.1, -0.05) is 18.8 Å². The van der Waals surface area contributed by atoms with E-state index < -0.39 is 0 Å². The summed E-state index contributed by atoms with van der Waals surface area (Å²) in [7, 11) is 0. The Morgan fingerprint density at radius 1 is 1.36 bits per heavy atom. The van der Waals surface area contributed by atoms with E-state index in [9.17, 15) is 4.79 Å². The third kappa shape index (κ3) is 4.46. The first kappa shape index (κ1) is 11.3. The van der Waals surface area contributed by atoms with Crippen LogP contribution < -0.4 is 0 Å². The highest BCUT2D eigenvalue weighted by atomic mass is 16.1. The summed E-state index contributed by atoms with van der Waals surface area (Å²) in [5, 5.41) is 0. The number of hydrogen-bond donors (Lipinski definition) is 0. The maximum Gasteiger partial charge on any atom is 0.145 e. The van der Waals surface area contributed by atoms with Crippen LogP contribution in [0.4, 0.5) is 0 Å². The molecular weight excluding hydrogens is 172 g/mol. The maximum absolute atomic E-state index is 11.5. The Balaban J connectivity index is 2.30. The van der Waals surface area contributed by atoms with E-state index in [4.69, 9.17) is 0 Å². The van der Waals surface area contributed by atoms with Gasteiger partial charge in [-0.3, -0.25) is 4.79 Å². The van der Waals surface area contributed by atoms with Crippen molar-refractivity contribution >= 4 is 5.78 Å². The van der Waals surface area contributed by atoms with Crippen LogP contribution in [0.25, 0.3) is 0 Å². The highest BCUT2D eigenvalue weighted by Crippen LogP contribution is 2.48. The predicted molar refractivity (Wildman–Crippen MR) is 58.8 cm³/mol. The molecule has 1 heteroatoms. The van der Waals surface area contributed by atoms with Gasteiger partial charge in [0.2, 0.25) is 0 Å². The number of hydrogen-bond acceptors (Lipinski definition) is 1. The van der Waals surface area contributed by atoms with Gasteiger partial charge in [0.1, 0.15) is 5.78 Å². The van der Waals surface area contributed by atoms with Crippen LogP contribution in [0.2, 0.25) is 0 Å². The molecule has 0 radical (unpaired) electrons. The minimum absolute atomic E-state index is 0.0176.